The number of allylic oxidation sites excluding steroid dienone is 1. The molecule has 1 aromatic heterocycles. The number of nitrogens with zero attached hydrogens (tertiary/aromatic N) is 2. The van der Waals surface area contributed by atoms with E-state index in [2.05, 4.69) is 10.3 Å². The minimum atomic E-state index is -1.06. The van der Waals surface area contributed by atoms with Crippen LogP contribution >= 0.6 is 35.5 Å². The Morgan fingerprint density at radius 1 is 1.23 bits per heavy atom. The van der Waals surface area contributed by atoms with Gasteiger partial charge in [-0.3, -0.25) is 19.3 Å². The van der Waals surface area contributed by atoms with E-state index >= 15 is 0 Å². The van der Waals surface area contributed by atoms with E-state index in [1.807, 2.05) is 6.92 Å². The molecule has 1 saturated heterocycles. The zero-order chi connectivity index (χ0) is 28.2. The number of amides is 3. The molecule has 1 aromatic rings. The molecule has 39 heavy (non-hydrogen) atoms. The molecule has 0 aliphatic carbocycles. The van der Waals surface area contributed by atoms with Gasteiger partial charge in [-0.2, -0.15) is 0 Å². The lowest BCUT2D eigenvalue weighted by Gasteiger charge is -2.49. The highest BCUT2D eigenvalue weighted by atomic mass is 35.5. The maximum absolute atomic E-state index is 13.1. The molecule has 3 rings (SSSR count). The summed E-state index contributed by atoms with van der Waals surface area (Å²) >= 11 is 2.45. The number of thioether (sulfide) groups is 1. The fraction of sp³-hybridized carbons (Fsp3) is 0.478. The van der Waals surface area contributed by atoms with Crippen LogP contribution in [0.4, 0.5) is 9.93 Å². The highest BCUT2D eigenvalue weighted by Crippen LogP contribution is 2.41. The number of hydrogen-bond acceptors (Lipinski definition) is 12. The van der Waals surface area contributed by atoms with E-state index in [0.717, 1.165) is 4.90 Å². The average Bonchev–Trinajstić information content (AvgIpc) is 3.28. The lowest BCUT2D eigenvalue weighted by Crippen LogP contribution is -2.70. The van der Waals surface area contributed by atoms with Crippen LogP contribution in [-0.2, 0) is 33.4 Å². The number of nitrogen functional groups attached to an aromatic ring is 1. The van der Waals surface area contributed by atoms with Gasteiger partial charge < -0.3 is 31.0 Å². The van der Waals surface area contributed by atoms with E-state index in [1.165, 1.54) is 23.1 Å². The van der Waals surface area contributed by atoms with Crippen molar-refractivity contribution in [1.29, 1.82) is 0 Å². The molecule has 0 spiro atoms. The number of esters is 2. The number of carbonyl (C=O) groups is 5. The number of primary amides is 1. The number of halogens is 1. The van der Waals surface area contributed by atoms with Crippen molar-refractivity contribution in [2.24, 2.45) is 11.1 Å². The monoisotopic (exact) mass is 603 g/mol. The van der Waals surface area contributed by atoms with Gasteiger partial charge >= 0.3 is 18.0 Å². The lowest BCUT2D eigenvalue weighted by atomic mass is 9.98. The molecule has 2 atom stereocenters. The van der Waals surface area contributed by atoms with Crippen LogP contribution in [0.1, 0.15) is 39.8 Å². The summed E-state index contributed by atoms with van der Waals surface area (Å²) in [6.07, 6.45) is 1.17. The minimum Gasteiger partial charge on any atom is -0.445 e. The molecular formula is C23H30ClN5O8S2. The molecule has 0 aromatic carbocycles. The van der Waals surface area contributed by atoms with Gasteiger partial charge in [0, 0.05) is 16.7 Å². The Labute approximate surface area is 239 Å². The number of thiazole rings is 1. The van der Waals surface area contributed by atoms with E-state index in [0.29, 0.717) is 17.2 Å². The Hall–Kier alpha value is -3.30. The second kappa shape index (κ2) is 13.2. The first kappa shape index (κ1) is 31.9. The Bertz CT molecular complexity index is 1210. The van der Waals surface area contributed by atoms with Gasteiger partial charge in [0.15, 0.2) is 5.13 Å². The Morgan fingerprint density at radius 3 is 2.49 bits per heavy atom. The average molecular weight is 604 g/mol. The fourth-order valence-electron chi connectivity index (χ4n) is 3.51. The van der Waals surface area contributed by atoms with Crippen molar-refractivity contribution in [3.63, 3.8) is 0 Å². The molecule has 16 heteroatoms. The molecular weight excluding hydrogens is 574 g/mol. The van der Waals surface area contributed by atoms with E-state index in [1.54, 1.807) is 32.2 Å². The molecule has 0 radical (unpaired) electrons. The van der Waals surface area contributed by atoms with E-state index in [4.69, 9.17) is 25.7 Å². The summed E-state index contributed by atoms with van der Waals surface area (Å²) in [6.45, 7) is 5.74. The number of aromatic nitrogens is 1. The van der Waals surface area contributed by atoms with Crippen molar-refractivity contribution >= 4 is 76.1 Å². The van der Waals surface area contributed by atoms with Crippen molar-refractivity contribution < 1.29 is 38.2 Å². The topological polar surface area (TPSA) is 193 Å². The van der Waals surface area contributed by atoms with Gasteiger partial charge in [-0.05, 0) is 27.2 Å². The molecule has 2 aliphatic rings. The number of hydrogen-bond donors (Lipinski definition) is 3. The van der Waals surface area contributed by atoms with Crippen LogP contribution in [0.25, 0.3) is 5.57 Å². The Morgan fingerprint density at radius 2 is 1.92 bits per heavy atom. The molecule has 0 bridgehead atoms. The first-order valence-electron chi connectivity index (χ1n) is 11.5. The van der Waals surface area contributed by atoms with Crippen LogP contribution in [0.5, 0.6) is 0 Å². The second-order valence-corrected chi connectivity index (χ2v) is 11.2. The molecule has 1 fully saturated rings. The molecule has 5 N–H and O–H groups in total. The largest absolute Gasteiger partial charge is 0.445 e. The summed E-state index contributed by atoms with van der Waals surface area (Å²) in [5.74, 6) is -2.45. The summed E-state index contributed by atoms with van der Waals surface area (Å²) in [4.78, 5) is 67.6. The van der Waals surface area contributed by atoms with Gasteiger partial charge in [-0.15, -0.1) is 35.5 Å². The number of anilines is 1. The van der Waals surface area contributed by atoms with E-state index in [-0.39, 0.29) is 41.6 Å². The number of nitrogens with one attached hydrogen (secondary N) is 1. The number of fused-ring (bicyclic) bond motifs is 1. The zero-order valence-corrected chi connectivity index (χ0v) is 24.1. The Kier molecular flexibility index (Phi) is 10.8. The van der Waals surface area contributed by atoms with Crippen molar-refractivity contribution in [1.82, 2.24) is 15.2 Å². The molecule has 214 valence electrons. The number of rotatable bonds is 9. The quantitative estimate of drug-likeness (QED) is 0.161. The first-order chi connectivity index (χ1) is 17.8. The SMILES string of the molecule is CC/C=C(\C(=O)NC1C(=O)N2C(C(=O)OCOC(=O)C(C)(C)C)=C(COC(N)=O)CSC12)c1csc(N)n1.Cl. The maximum atomic E-state index is 13.1. The van der Waals surface area contributed by atoms with Crippen molar-refractivity contribution in [2.75, 3.05) is 24.9 Å². The van der Waals surface area contributed by atoms with Gasteiger partial charge in [-0.1, -0.05) is 13.0 Å². The van der Waals surface area contributed by atoms with Crippen molar-refractivity contribution in [3.8, 4) is 0 Å². The van der Waals surface area contributed by atoms with Crippen LogP contribution < -0.4 is 16.8 Å². The Balaban J connectivity index is 0.00000533. The lowest BCUT2D eigenvalue weighted by molar-refractivity contribution is -0.173. The van der Waals surface area contributed by atoms with Gasteiger partial charge in [-0.25, -0.2) is 14.6 Å². The fourth-order valence-corrected chi connectivity index (χ4v) is 5.40. The molecule has 3 heterocycles. The van der Waals surface area contributed by atoms with Gasteiger partial charge in [0.2, 0.25) is 6.79 Å². The number of nitrogens with two attached hydrogens (primary N) is 2. The first-order valence-corrected chi connectivity index (χ1v) is 13.4. The molecule has 13 nitrogen and oxygen atoms in total. The number of carbonyl (C=O) groups excluding carboxylic acids is 5. The third-order valence-electron chi connectivity index (χ3n) is 5.36. The van der Waals surface area contributed by atoms with Crippen LogP contribution in [0.2, 0.25) is 0 Å². The summed E-state index contributed by atoms with van der Waals surface area (Å²) in [5, 5.41) is 4.03. The van der Waals surface area contributed by atoms with Gasteiger partial charge in [0.25, 0.3) is 11.8 Å². The molecule has 3 amide bonds. The maximum Gasteiger partial charge on any atom is 0.404 e. The smallest absolute Gasteiger partial charge is 0.404 e. The summed E-state index contributed by atoms with van der Waals surface area (Å²) < 4.78 is 14.9. The van der Waals surface area contributed by atoms with Crippen LogP contribution in [0, 0.1) is 5.41 Å². The highest BCUT2D eigenvalue weighted by Gasteiger charge is 2.54. The predicted molar refractivity (Wildman–Crippen MR) is 146 cm³/mol. The summed E-state index contributed by atoms with van der Waals surface area (Å²) in [7, 11) is 0. The third kappa shape index (κ3) is 7.42. The van der Waals surface area contributed by atoms with Crippen LogP contribution in [0.3, 0.4) is 0 Å². The third-order valence-corrected chi connectivity index (χ3v) is 7.37. The molecule has 2 aliphatic heterocycles. The molecule has 0 saturated carbocycles. The standard InChI is InChI=1S/C23H29N5O8S2.ClH/c1-5-6-12(13-9-38-21(24)26-13)16(29)27-14-17(30)28-15(11(7-34-22(25)33)8-37-18(14)28)19(31)35-10-36-20(32)23(2,3)4;/h6,9,14,18H,5,7-8,10H2,1-4H3,(H2,24,26)(H2,25,33)(H,27,29);1H/b12-6-;. The predicted octanol–water partition coefficient (Wildman–Crippen LogP) is 1.78. The second-order valence-electron chi connectivity index (χ2n) is 9.25. The normalized spacial score (nSPS) is 18.8. The number of β-lactam (4-membered cyclic amide) rings is 1. The van der Waals surface area contributed by atoms with Crippen LogP contribution in [-0.4, -0.2) is 70.3 Å². The van der Waals surface area contributed by atoms with Crippen molar-refractivity contribution in [2.45, 2.75) is 45.5 Å². The summed E-state index contributed by atoms with van der Waals surface area (Å²) in [5.41, 5.74) is 10.7. The van der Waals surface area contributed by atoms with Crippen LogP contribution in [0.15, 0.2) is 22.7 Å². The number of ether oxygens (including phenoxy) is 3. The summed E-state index contributed by atoms with van der Waals surface area (Å²) in [6, 6.07) is -0.941. The zero-order valence-electron chi connectivity index (χ0n) is 21.7. The van der Waals surface area contributed by atoms with Crippen molar-refractivity contribution in [3.05, 3.63) is 28.4 Å². The van der Waals surface area contributed by atoms with E-state index < -0.39 is 53.5 Å². The van der Waals surface area contributed by atoms with Gasteiger partial charge in [0.05, 0.1) is 16.7 Å². The highest BCUT2D eigenvalue weighted by molar-refractivity contribution is 8.00. The molecule has 2 unspecified atom stereocenters. The van der Waals surface area contributed by atoms with Gasteiger partial charge in [0.1, 0.15) is 23.7 Å². The minimum absolute atomic E-state index is 0. The van der Waals surface area contributed by atoms with E-state index in [9.17, 15) is 24.0 Å².